The van der Waals surface area contributed by atoms with E-state index in [2.05, 4.69) is 106 Å². The zero-order valence-electron chi connectivity index (χ0n) is 30.0. The second-order valence-corrected chi connectivity index (χ2v) is 16.4. The van der Waals surface area contributed by atoms with Crippen molar-refractivity contribution >= 4 is 19.2 Å². The fraction of sp³-hybridized carbons (Fsp3) is 0.318. The highest BCUT2D eigenvalue weighted by atomic mass is 28.3. The number of benzene rings is 5. The van der Waals surface area contributed by atoms with Crippen LogP contribution >= 0.6 is 0 Å². The molecule has 1 fully saturated rings. The van der Waals surface area contributed by atoms with Gasteiger partial charge in [-0.3, -0.25) is 0 Å². The maximum atomic E-state index is 7.44. The Bertz CT molecular complexity index is 1680. The third-order valence-electron chi connectivity index (χ3n) is 8.99. The largest absolute Gasteiger partial charge is 0.373 e. The molecule has 1 aliphatic rings. The number of methoxy groups -OCH3 is 1. The molecule has 5 atom stereocenters. The molecule has 0 amide bonds. The summed E-state index contributed by atoms with van der Waals surface area (Å²) in [7, 11) is -0.179. The summed E-state index contributed by atoms with van der Waals surface area (Å²) < 4.78 is 41.8. The maximum Gasteiger partial charge on any atom is 0.199 e. The molecule has 0 saturated carbocycles. The SMILES string of the molecule is CO[C@]1([Si](c2ccccc2)c2ccccc2)O[C@H](COC(C)(C)C)[C@@H](OCc2ccccc2)[C@H](OCc2ccccc2)[C@H]1OCc1ccccc1. The lowest BCUT2D eigenvalue weighted by atomic mass is 9.97. The summed E-state index contributed by atoms with van der Waals surface area (Å²) >= 11 is 0. The third kappa shape index (κ3) is 9.50. The Morgan fingerprint density at radius 1 is 0.549 bits per heavy atom. The quantitative estimate of drug-likeness (QED) is 0.108. The van der Waals surface area contributed by atoms with Crippen LogP contribution in [0.4, 0.5) is 0 Å². The van der Waals surface area contributed by atoms with E-state index in [0.717, 1.165) is 27.1 Å². The van der Waals surface area contributed by atoms with Crippen LogP contribution in [0.3, 0.4) is 0 Å². The van der Waals surface area contributed by atoms with Crippen molar-refractivity contribution < 1.29 is 28.4 Å². The van der Waals surface area contributed by atoms with Crippen molar-refractivity contribution in [1.82, 2.24) is 0 Å². The molecule has 0 N–H and O–H groups in total. The molecule has 7 heteroatoms. The van der Waals surface area contributed by atoms with Crippen LogP contribution < -0.4 is 10.4 Å². The van der Waals surface area contributed by atoms with Gasteiger partial charge in [0, 0.05) is 7.11 Å². The molecule has 5 aromatic carbocycles. The molecule has 0 aromatic heterocycles. The van der Waals surface area contributed by atoms with Gasteiger partial charge < -0.3 is 28.4 Å². The molecule has 1 saturated heterocycles. The molecule has 0 unspecified atom stereocenters. The zero-order chi connectivity index (χ0) is 35.5. The van der Waals surface area contributed by atoms with E-state index in [0.29, 0.717) is 19.8 Å². The van der Waals surface area contributed by atoms with Crippen molar-refractivity contribution in [2.45, 2.75) is 76.0 Å². The summed E-state index contributed by atoms with van der Waals surface area (Å²) in [6.07, 6.45) is -2.42. The van der Waals surface area contributed by atoms with E-state index >= 15 is 0 Å². The Balaban J connectivity index is 1.51. The molecule has 51 heavy (non-hydrogen) atoms. The highest BCUT2D eigenvalue weighted by molar-refractivity contribution is 6.87. The third-order valence-corrected chi connectivity index (χ3v) is 12.1. The molecule has 6 rings (SSSR count). The first-order valence-electron chi connectivity index (χ1n) is 17.7. The van der Waals surface area contributed by atoms with Gasteiger partial charge in [-0.15, -0.1) is 0 Å². The van der Waals surface area contributed by atoms with Gasteiger partial charge in [0.2, 0.25) is 0 Å². The van der Waals surface area contributed by atoms with Gasteiger partial charge in [0.25, 0.3) is 0 Å². The lowest BCUT2D eigenvalue weighted by molar-refractivity contribution is -0.347. The summed E-state index contributed by atoms with van der Waals surface area (Å²) in [4.78, 5) is 0. The van der Waals surface area contributed by atoms with Crippen LogP contribution in [0.1, 0.15) is 37.5 Å². The first-order chi connectivity index (χ1) is 24.9. The standard InChI is InChI=1S/C44H49O6Si/c1-43(2,3)49-33-39-40(46-30-34-20-10-5-11-21-34)41(47-31-35-22-12-6-13-23-35)42(48-32-36-24-14-7-15-25-36)44(45-4,50-39)51(37-26-16-8-17-27-37)38-28-18-9-19-29-38/h5-29,39-42H,30-33H2,1-4H3/t39-,40-,41+,42-,44+/m1/s1. The number of rotatable bonds is 15. The van der Waals surface area contributed by atoms with Crippen LogP contribution in [0.2, 0.25) is 0 Å². The Labute approximate surface area is 304 Å². The van der Waals surface area contributed by atoms with Crippen LogP contribution in [0.25, 0.3) is 0 Å². The molecular weight excluding hydrogens is 653 g/mol. The average Bonchev–Trinajstić information content (AvgIpc) is 3.17. The zero-order valence-corrected chi connectivity index (χ0v) is 31.0. The monoisotopic (exact) mass is 701 g/mol. The number of ether oxygens (including phenoxy) is 6. The Morgan fingerprint density at radius 3 is 1.35 bits per heavy atom. The molecule has 0 bridgehead atoms. The number of hydrogen-bond donors (Lipinski definition) is 0. The van der Waals surface area contributed by atoms with Gasteiger partial charge >= 0.3 is 0 Å². The lowest BCUT2D eigenvalue weighted by Gasteiger charge is -2.54. The molecule has 265 valence electrons. The van der Waals surface area contributed by atoms with Crippen LogP contribution in [0, 0.1) is 0 Å². The van der Waals surface area contributed by atoms with Crippen molar-refractivity contribution in [3.8, 4) is 0 Å². The molecule has 0 aliphatic carbocycles. The van der Waals surface area contributed by atoms with E-state index < -0.39 is 44.2 Å². The Hall–Kier alpha value is -3.92. The molecule has 1 radical (unpaired) electrons. The van der Waals surface area contributed by atoms with Crippen LogP contribution in [0.5, 0.6) is 0 Å². The van der Waals surface area contributed by atoms with Crippen molar-refractivity contribution in [2.24, 2.45) is 0 Å². The van der Waals surface area contributed by atoms with Crippen molar-refractivity contribution in [1.29, 1.82) is 0 Å². The van der Waals surface area contributed by atoms with Gasteiger partial charge in [0.15, 0.2) is 14.2 Å². The fourth-order valence-electron chi connectivity index (χ4n) is 6.55. The normalized spacial score (nSPS) is 22.2. The summed E-state index contributed by atoms with van der Waals surface area (Å²) in [5, 5.41) is 2.26. The average molecular weight is 702 g/mol. The second kappa shape index (κ2) is 17.5. The molecule has 6 nitrogen and oxygen atoms in total. The number of hydrogen-bond acceptors (Lipinski definition) is 6. The molecule has 5 aromatic rings. The summed E-state index contributed by atoms with van der Waals surface area (Å²) in [6.45, 7) is 7.48. The van der Waals surface area contributed by atoms with Gasteiger partial charge in [0.1, 0.15) is 24.4 Å². The molecule has 1 aliphatic heterocycles. The van der Waals surface area contributed by atoms with Crippen molar-refractivity contribution in [3.05, 3.63) is 168 Å². The Morgan fingerprint density at radius 2 is 0.941 bits per heavy atom. The van der Waals surface area contributed by atoms with E-state index in [1.54, 1.807) is 7.11 Å². The summed E-state index contributed by atoms with van der Waals surface area (Å²) in [5.41, 5.74) is 1.46. The smallest absolute Gasteiger partial charge is 0.199 e. The highest BCUT2D eigenvalue weighted by Gasteiger charge is 2.62. The minimum atomic E-state index is -1.91. The van der Waals surface area contributed by atoms with Crippen LogP contribution in [-0.4, -0.2) is 57.9 Å². The van der Waals surface area contributed by atoms with E-state index in [9.17, 15) is 0 Å². The van der Waals surface area contributed by atoms with Crippen LogP contribution in [-0.2, 0) is 48.2 Å². The fourth-order valence-corrected chi connectivity index (χ4v) is 9.74. The summed E-state index contributed by atoms with van der Waals surface area (Å²) in [5.74, 6) is 0. The topological polar surface area (TPSA) is 55.4 Å². The second-order valence-electron chi connectivity index (χ2n) is 13.8. The van der Waals surface area contributed by atoms with E-state index in [1.165, 1.54) is 0 Å². The van der Waals surface area contributed by atoms with E-state index in [1.807, 2.05) is 66.7 Å². The predicted molar refractivity (Wildman–Crippen MR) is 203 cm³/mol. The minimum Gasteiger partial charge on any atom is -0.373 e. The minimum absolute atomic E-state index is 0.267. The van der Waals surface area contributed by atoms with E-state index in [4.69, 9.17) is 28.4 Å². The van der Waals surface area contributed by atoms with Crippen molar-refractivity contribution in [2.75, 3.05) is 13.7 Å². The lowest BCUT2D eigenvalue weighted by Crippen LogP contribution is -2.77. The molecular formula is C44H49O6Si. The first-order valence-corrected chi connectivity index (χ1v) is 19.2. The van der Waals surface area contributed by atoms with Crippen molar-refractivity contribution in [3.63, 3.8) is 0 Å². The van der Waals surface area contributed by atoms with Crippen LogP contribution in [0.15, 0.2) is 152 Å². The first kappa shape index (κ1) is 36.9. The van der Waals surface area contributed by atoms with Gasteiger partial charge in [0.05, 0.1) is 32.0 Å². The highest BCUT2D eigenvalue weighted by Crippen LogP contribution is 2.39. The molecule has 0 spiro atoms. The van der Waals surface area contributed by atoms with Gasteiger partial charge in [-0.1, -0.05) is 162 Å². The maximum absolute atomic E-state index is 7.44. The van der Waals surface area contributed by atoms with Gasteiger partial charge in [-0.25, -0.2) is 0 Å². The predicted octanol–water partition coefficient (Wildman–Crippen LogP) is 7.15. The molecule has 1 heterocycles. The summed E-state index contributed by atoms with van der Waals surface area (Å²) in [6, 6.07) is 51.7. The van der Waals surface area contributed by atoms with E-state index in [-0.39, 0.29) is 6.61 Å². The van der Waals surface area contributed by atoms with Gasteiger partial charge in [-0.05, 0) is 37.5 Å². The Kier molecular flexibility index (Phi) is 12.7. The van der Waals surface area contributed by atoms with Gasteiger partial charge in [-0.2, -0.15) is 0 Å².